The first-order valence-electron chi connectivity index (χ1n) is 12.5. The van der Waals surface area contributed by atoms with Crippen molar-refractivity contribution in [2.75, 3.05) is 18.1 Å². The fraction of sp³-hybridized carbons (Fsp3) is 0.577. The van der Waals surface area contributed by atoms with Crippen molar-refractivity contribution in [3.63, 3.8) is 0 Å². The Morgan fingerprint density at radius 3 is 2.17 bits per heavy atom. The Morgan fingerprint density at radius 1 is 1.10 bits per heavy atom. The van der Waals surface area contributed by atoms with E-state index in [9.17, 15) is 32.4 Å². The zero-order valence-corrected chi connectivity index (χ0v) is 24.9. The molecule has 1 aliphatic rings. The molecule has 2 atom stereocenters. The molecule has 1 aromatic carbocycles. The summed E-state index contributed by atoms with van der Waals surface area (Å²) >= 11 is 0. The van der Waals surface area contributed by atoms with E-state index in [-0.39, 0.29) is 23.5 Å². The standard InChI is InChI=1S/C26H37N3O10S/c1-14(2)37-18-12-16(22(32)38-15(3)13-27-40(9,35)36)10-11-17(18)28-21(31)19(20(30)25(4,5)6)29-23(33)26(7,8)39-24(29)34/h10-12,14-15,19,27H,13H2,1-9H3,(H,28,31). The molecule has 13 nitrogen and oxygen atoms in total. The maximum Gasteiger partial charge on any atom is 0.418 e. The van der Waals surface area contributed by atoms with Gasteiger partial charge in [0.2, 0.25) is 10.0 Å². The predicted molar refractivity (Wildman–Crippen MR) is 144 cm³/mol. The first kappa shape index (κ1) is 32.7. The molecule has 1 saturated heterocycles. The highest BCUT2D eigenvalue weighted by molar-refractivity contribution is 7.88. The second kappa shape index (κ2) is 11.9. The molecular formula is C26H37N3O10S. The Labute approximate surface area is 233 Å². The van der Waals surface area contributed by atoms with Crippen molar-refractivity contribution >= 4 is 45.4 Å². The molecule has 2 N–H and O–H groups in total. The molecule has 14 heteroatoms. The van der Waals surface area contributed by atoms with Crippen LogP contribution < -0.4 is 14.8 Å². The third kappa shape index (κ3) is 8.24. The van der Waals surface area contributed by atoms with Crippen LogP contribution in [0.4, 0.5) is 10.5 Å². The minimum absolute atomic E-state index is 0.0437. The number of nitrogens with one attached hydrogen (secondary N) is 2. The number of benzene rings is 1. The van der Waals surface area contributed by atoms with Crippen molar-refractivity contribution in [1.82, 2.24) is 9.62 Å². The largest absolute Gasteiger partial charge is 0.489 e. The number of sulfonamides is 1. The molecule has 0 bridgehead atoms. The van der Waals surface area contributed by atoms with Gasteiger partial charge in [0.05, 0.1) is 23.6 Å². The summed E-state index contributed by atoms with van der Waals surface area (Å²) in [7, 11) is -3.48. The number of ketones is 1. The van der Waals surface area contributed by atoms with Gasteiger partial charge in [-0.2, -0.15) is 0 Å². The first-order chi connectivity index (χ1) is 18.1. The molecule has 1 fully saturated rings. The molecule has 0 aliphatic carbocycles. The van der Waals surface area contributed by atoms with Crippen LogP contribution in [0.25, 0.3) is 0 Å². The Bertz CT molecular complexity index is 1300. The van der Waals surface area contributed by atoms with Crippen molar-refractivity contribution in [2.24, 2.45) is 5.41 Å². The van der Waals surface area contributed by atoms with Gasteiger partial charge in [-0.3, -0.25) is 14.4 Å². The quantitative estimate of drug-likeness (QED) is 0.290. The van der Waals surface area contributed by atoms with Crippen LogP contribution in [0.5, 0.6) is 5.75 Å². The number of esters is 1. The number of ether oxygens (including phenoxy) is 3. The average molecular weight is 584 g/mol. The fourth-order valence-electron chi connectivity index (χ4n) is 3.54. The predicted octanol–water partition coefficient (Wildman–Crippen LogP) is 2.25. The topological polar surface area (TPSA) is 174 Å². The summed E-state index contributed by atoms with van der Waals surface area (Å²) in [5, 5.41) is 2.54. The summed E-state index contributed by atoms with van der Waals surface area (Å²) in [4.78, 5) is 65.5. The SMILES string of the molecule is CC(C)Oc1cc(C(=O)OC(C)CNS(C)(=O)=O)ccc1NC(=O)C(C(=O)C(C)(C)C)N1C(=O)OC(C)(C)C1=O. The lowest BCUT2D eigenvalue weighted by molar-refractivity contribution is -0.145. The smallest absolute Gasteiger partial charge is 0.418 e. The van der Waals surface area contributed by atoms with Gasteiger partial charge >= 0.3 is 12.1 Å². The Morgan fingerprint density at radius 2 is 1.70 bits per heavy atom. The maximum atomic E-state index is 13.5. The first-order valence-corrected chi connectivity index (χ1v) is 14.4. The van der Waals surface area contributed by atoms with Crippen LogP contribution >= 0.6 is 0 Å². The summed E-state index contributed by atoms with van der Waals surface area (Å²) in [5.41, 5.74) is -2.56. The minimum atomic E-state index is -3.48. The van der Waals surface area contributed by atoms with E-state index in [4.69, 9.17) is 14.2 Å². The third-order valence-electron chi connectivity index (χ3n) is 5.55. The summed E-state index contributed by atoms with van der Waals surface area (Å²) in [5.74, 6) is -3.24. The van der Waals surface area contributed by atoms with Crippen LogP contribution in [0.3, 0.4) is 0 Å². The minimum Gasteiger partial charge on any atom is -0.489 e. The second-order valence-electron chi connectivity index (χ2n) is 11.3. The van der Waals surface area contributed by atoms with Gasteiger partial charge < -0.3 is 19.5 Å². The number of amides is 3. The summed E-state index contributed by atoms with van der Waals surface area (Å²) < 4.78 is 41.0. The maximum absolute atomic E-state index is 13.5. The summed E-state index contributed by atoms with van der Waals surface area (Å²) in [6.45, 7) is 12.2. The van der Waals surface area contributed by atoms with Gasteiger partial charge in [0, 0.05) is 12.0 Å². The molecule has 222 valence electrons. The number of nitrogens with zero attached hydrogens (tertiary/aromatic N) is 1. The van der Waals surface area contributed by atoms with E-state index in [2.05, 4.69) is 10.0 Å². The Hall–Kier alpha value is -3.52. The number of hydrogen-bond acceptors (Lipinski definition) is 10. The molecule has 0 radical (unpaired) electrons. The lowest BCUT2D eigenvalue weighted by Crippen LogP contribution is -2.55. The van der Waals surface area contributed by atoms with Gasteiger partial charge in [0.25, 0.3) is 11.8 Å². The van der Waals surface area contributed by atoms with E-state index < -0.39 is 68.9 Å². The Kier molecular flexibility index (Phi) is 9.74. The van der Waals surface area contributed by atoms with E-state index in [0.29, 0.717) is 4.90 Å². The van der Waals surface area contributed by atoms with Crippen LogP contribution in [0, 0.1) is 5.41 Å². The molecule has 0 saturated carbocycles. The van der Waals surface area contributed by atoms with Crippen LogP contribution in [0.15, 0.2) is 18.2 Å². The fourth-order valence-corrected chi connectivity index (χ4v) is 4.07. The highest BCUT2D eigenvalue weighted by Gasteiger charge is 2.55. The van der Waals surface area contributed by atoms with Gasteiger partial charge in [-0.15, -0.1) is 0 Å². The number of anilines is 1. The van der Waals surface area contributed by atoms with Crippen LogP contribution in [0.1, 0.15) is 65.7 Å². The zero-order chi connectivity index (χ0) is 30.8. The number of carbonyl (C=O) groups excluding carboxylic acids is 5. The molecule has 0 aromatic heterocycles. The van der Waals surface area contributed by atoms with Gasteiger partial charge in [-0.1, -0.05) is 20.8 Å². The van der Waals surface area contributed by atoms with Crippen LogP contribution in [-0.4, -0.2) is 79.6 Å². The van der Waals surface area contributed by atoms with Gasteiger partial charge in [0.15, 0.2) is 17.4 Å². The molecule has 2 unspecified atom stereocenters. The normalized spacial score (nSPS) is 16.8. The van der Waals surface area contributed by atoms with E-state index in [1.54, 1.807) is 34.6 Å². The number of rotatable bonds is 11. The third-order valence-corrected chi connectivity index (χ3v) is 6.24. The molecule has 2 rings (SSSR count). The number of carbonyl (C=O) groups is 5. The lowest BCUT2D eigenvalue weighted by atomic mass is 9.85. The number of Topliss-reactive ketones (excluding diaryl/α,β-unsaturated/α-hetero) is 1. The highest BCUT2D eigenvalue weighted by atomic mass is 32.2. The number of imide groups is 1. The van der Waals surface area contributed by atoms with Gasteiger partial charge in [-0.25, -0.2) is 27.6 Å². The van der Waals surface area contributed by atoms with E-state index in [1.165, 1.54) is 39.0 Å². The summed E-state index contributed by atoms with van der Waals surface area (Å²) in [6.07, 6.45) is -1.33. The summed E-state index contributed by atoms with van der Waals surface area (Å²) in [6, 6.07) is 2.16. The van der Waals surface area contributed by atoms with Crippen molar-refractivity contribution in [1.29, 1.82) is 0 Å². The molecule has 1 aromatic rings. The monoisotopic (exact) mass is 583 g/mol. The molecule has 1 heterocycles. The average Bonchev–Trinajstić information content (AvgIpc) is 2.99. The van der Waals surface area contributed by atoms with E-state index >= 15 is 0 Å². The van der Waals surface area contributed by atoms with E-state index in [1.807, 2.05) is 0 Å². The number of hydrogen-bond donors (Lipinski definition) is 2. The number of cyclic esters (lactones) is 1. The molecule has 0 spiro atoms. The van der Waals surface area contributed by atoms with Crippen LogP contribution in [0.2, 0.25) is 0 Å². The van der Waals surface area contributed by atoms with Crippen molar-refractivity contribution < 1.29 is 46.6 Å². The second-order valence-corrected chi connectivity index (χ2v) is 13.1. The molecule has 40 heavy (non-hydrogen) atoms. The molecule has 3 amide bonds. The molecule has 1 aliphatic heterocycles. The van der Waals surface area contributed by atoms with Gasteiger partial charge in [-0.05, 0) is 52.8 Å². The van der Waals surface area contributed by atoms with Crippen molar-refractivity contribution in [3.8, 4) is 5.75 Å². The lowest BCUT2D eigenvalue weighted by Gasteiger charge is -2.28. The Balaban J connectivity index is 2.40. The van der Waals surface area contributed by atoms with Crippen molar-refractivity contribution in [3.05, 3.63) is 23.8 Å². The van der Waals surface area contributed by atoms with Crippen molar-refractivity contribution in [2.45, 2.75) is 79.2 Å². The highest BCUT2D eigenvalue weighted by Crippen LogP contribution is 2.32. The zero-order valence-electron chi connectivity index (χ0n) is 24.1. The van der Waals surface area contributed by atoms with Gasteiger partial charge in [0.1, 0.15) is 11.9 Å². The van der Waals surface area contributed by atoms with E-state index in [0.717, 1.165) is 6.26 Å². The molecular weight excluding hydrogens is 546 g/mol. The van der Waals surface area contributed by atoms with Crippen LogP contribution in [-0.2, 0) is 33.9 Å².